The maximum Gasteiger partial charge on any atom is 0.187 e. The Hall–Kier alpha value is -0.770. The van der Waals surface area contributed by atoms with Crippen molar-refractivity contribution in [1.29, 1.82) is 0 Å². The van der Waals surface area contributed by atoms with Gasteiger partial charge in [0, 0.05) is 12.6 Å². The van der Waals surface area contributed by atoms with Gasteiger partial charge < -0.3 is 10.6 Å². The largest absolute Gasteiger partial charge is 0.389 e. The van der Waals surface area contributed by atoms with E-state index in [2.05, 4.69) is 23.7 Å². The minimum Gasteiger partial charge on any atom is -0.389 e. The average molecular weight is 211 g/mol. The summed E-state index contributed by atoms with van der Waals surface area (Å²) < 4.78 is 0. The lowest BCUT2D eigenvalue weighted by molar-refractivity contribution is 0.377. The van der Waals surface area contributed by atoms with Crippen LogP contribution in [0.1, 0.15) is 26.7 Å². The van der Waals surface area contributed by atoms with Gasteiger partial charge in [-0.3, -0.25) is 0 Å². The maximum absolute atomic E-state index is 5.69. The molecule has 1 aromatic heterocycles. The van der Waals surface area contributed by atoms with Gasteiger partial charge in [0.2, 0.25) is 0 Å². The predicted octanol–water partition coefficient (Wildman–Crippen LogP) is 2.35. The summed E-state index contributed by atoms with van der Waals surface area (Å²) in [6.07, 6.45) is 4.29. The topological polar surface area (TPSA) is 42.2 Å². The van der Waals surface area contributed by atoms with Crippen LogP contribution in [0, 0.1) is 5.92 Å². The first-order chi connectivity index (χ1) is 6.66. The summed E-state index contributed by atoms with van der Waals surface area (Å²) in [5, 5.41) is 1.90. The number of nitrogen functional groups attached to an aromatic ring is 1. The van der Waals surface area contributed by atoms with E-state index in [1.807, 2.05) is 0 Å². The van der Waals surface area contributed by atoms with Gasteiger partial charge in [0.05, 0.1) is 6.20 Å². The molecule has 0 aliphatic carbocycles. The second-order valence-electron chi connectivity index (χ2n) is 4.22. The molecule has 0 spiro atoms. The van der Waals surface area contributed by atoms with Gasteiger partial charge in [0.15, 0.2) is 5.13 Å². The zero-order valence-corrected chi connectivity index (χ0v) is 9.55. The lowest BCUT2D eigenvalue weighted by Crippen LogP contribution is -2.40. The first-order valence-corrected chi connectivity index (χ1v) is 5.96. The highest BCUT2D eigenvalue weighted by Gasteiger charge is 2.24. The monoisotopic (exact) mass is 211 g/mol. The molecule has 2 unspecified atom stereocenters. The molecule has 1 aliphatic rings. The number of nitrogens with two attached hydrogens (primary N) is 1. The molecule has 1 fully saturated rings. The third kappa shape index (κ3) is 1.85. The number of thiazole rings is 1. The number of aromatic nitrogens is 1. The Morgan fingerprint density at radius 3 is 2.93 bits per heavy atom. The molecule has 0 amide bonds. The summed E-state index contributed by atoms with van der Waals surface area (Å²) in [6, 6.07) is 0.601. The van der Waals surface area contributed by atoms with Crippen LogP contribution in [0.3, 0.4) is 0 Å². The Labute approximate surface area is 88.9 Å². The first kappa shape index (κ1) is 9.77. The van der Waals surface area contributed by atoms with Crippen molar-refractivity contribution < 1.29 is 0 Å². The fraction of sp³-hybridized carbons (Fsp3) is 0.700. The number of hydrogen-bond acceptors (Lipinski definition) is 4. The normalized spacial score (nSPS) is 28.0. The van der Waals surface area contributed by atoms with Gasteiger partial charge in [-0.05, 0) is 25.7 Å². The minimum absolute atomic E-state index is 0.601. The maximum atomic E-state index is 5.69. The Bertz CT molecular complexity index is 310. The van der Waals surface area contributed by atoms with Crippen molar-refractivity contribution >= 4 is 21.5 Å². The van der Waals surface area contributed by atoms with Crippen molar-refractivity contribution in [2.75, 3.05) is 17.2 Å². The van der Waals surface area contributed by atoms with Gasteiger partial charge in [0.1, 0.15) is 5.00 Å². The molecule has 2 rings (SSSR count). The SMILES string of the molecule is CC1CCN(c2ncc(N)s2)C(C)C1. The molecule has 1 aromatic rings. The minimum atomic E-state index is 0.601. The molecule has 2 N–H and O–H groups in total. The fourth-order valence-electron chi connectivity index (χ4n) is 2.10. The average Bonchev–Trinajstić information content (AvgIpc) is 2.51. The van der Waals surface area contributed by atoms with E-state index in [-0.39, 0.29) is 0 Å². The van der Waals surface area contributed by atoms with Crippen molar-refractivity contribution in [2.24, 2.45) is 5.92 Å². The first-order valence-electron chi connectivity index (χ1n) is 5.14. The van der Waals surface area contributed by atoms with Crippen molar-refractivity contribution in [3.8, 4) is 0 Å². The molecule has 4 heteroatoms. The standard InChI is InChI=1S/C10H17N3S/c1-7-3-4-13(8(2)5-7)10-12-6-9(11)14-10/h6-8H,3-5,11H2,1-2H3. The second kappa shape index (κ2) is 3.77. The van der Waals surface area contributed by atoms with Crippen LogP contribution in [0.25, 0.3) is 0 Å². The molecule has 0 saturated carbocycles. The summed E-state index contributed by atoms with van der Waals surface area (Å²) in [4.78, 5) is 6.71. The van der Waals surface area contributed by atoms with Crippen LogP contribution in [0.15, 0.2) is 6.20 Å². The molecule has 14 heavy (non-hydrogen) atoms. The quantitative estimate of drug-likeness (QED) is 0.775. The second-order valence-corrected chi connectivity index (χ2v) is 5.26. The van der Waals surface area contributed by atoms with Crippen LogP contribution in [-0.2, 0) is 0 Å². The summed E-state index contributed by atoms with van der Waals surface area (Å²) >= 11 is 1.59. The molecule has 3 nitrogen and oxygen atoms in total. The van der Waals surface area contributed by atoms with Crippen molar-refractivity contribution in [3.05, 3.63) is 6.20 Å². The van der Waals surface area contributed by atoms with Gasteiger partial charge in [-0.25, -0.2) is 4.98 Å². The van der Waals surface area contributed by atoms with Crippen LogP contribution in [0.4, 0.5) is 10.1 Å². The van der Waals surface area contributed by atoms with Gasteiger partial charge in [-0.15, -0.1) is 0 Å². The molecule has 0 aromatic carbocycles. The van der Waals surface area contributed by atoms with Gasteiger partial charge in [-0.1, -0.05) is 18.3 Å². The summed E-state index contributed by atoms with van der Waals surface area (Å²) in [6.45, 7) is 5.71. The highest BCUT2D eigenvalue weighted by molar-refractivity contribution is 7.19. The lowest BCUT2D eigenvalue weighted by atomic mass is 9.94. The van der Waals surface area contributed by atoms with E-state index in [4.69, 9.17) is 5.73 Å². The number of anilines is 2. The molecular formula is C10H17N3S. The third-order valence-corrected chi connectivity index (χ3v) is 3.76. The van der Waals surface area contributed by atoms with Crippen LogP contribution in [-0.4, -0.2) is 17.6 Å². The third-order valence-electron chi connectivity index (χ3n) is 2.90. The molecule has 1 saturated heterocycles. The van der Waals surface area contributed by atoms with Crippen LogP contribution < -0.4 is 10.6 Å². The van der Waals surface area contributed by atoms with E-state index in [0.29, 0.717) is 6.04 Å². The molecule has 2 heterocycles. The lowest BCUT2D eigenvalue weighted by Gasteiger charge is -2.36. The fourth-order valence-corrected chi connectivity index (χ4v) is 2.91. The molecule has 1 aliphatic heterocycles. The van der Waals surface area contributed by atoms with Crippen LogP contribution in [0.2, 0.25) is 0 Å². The molecule has 0 bridgehead atoms. The van der Waals surface area contributed by atoms with E-state index in [9.17, 15) is 0 Å². The highest BCUT2D eigenvalue weighted by Crippen LogP contribution is 2.31. The highest BCUT2D eigenvalue weighted by atomic mass is 32.1. The van der Waals surface area contributed by atoms with Crippen LogP contribution in [0.5, 0.6) is 0 Å². The van der Waals surface area contributed by atoms with E-state index >= 15 is 0 Å². The summed E-state index contributed by atoms with van der Waals surface area (Å²) in [5.41, 5.74) is 5.69. The Balaban J connectivity index is 2.11. The zero-order valence-electron chi connectivity index (χ0n) is 8.73. The summed E-state index contributed by atoms with van der Waals surface area (Å²) in [5.74, 6) is 0.846. The predicted molar refractivity (Wildman–Crippen MR) is 61.7 cm³/mol. The van der Waals surface area contributed by atoms with Crippen molar-refractivity contribution in [3.63, 3.8) is 0 Å². The number of piperidine rings is 1. The molecule has 0 radical (unpaired) electrons. The van der Waals surface area contributed by atoms with Crippen molar-refractivity contribution in [1.82, 2.24) is 4.98 Å². The zero-order chi connectivity index (χ0) is 10.1. The van der Waals surface area contributed by atoms with E-state index in [1.165, 1.54) is 12.8 Å². The number of nitrogens with zero attached hydrogens (tertiary/aromatic N) is 2. The van der Waals surface area contributed by atoms with E-state index in [0.717, 1.165) is 22.6 Å². The van der Waals surface area contributed by atoms with Gasteiger partial charge in [0.25, 0.3) is 0 Å². The Kier molecular flexibility index (Phi) is 2.63. The molecule has 2 atom stereocenters. The Morgan fingerprint density at radius 1 is 1.57 bits per heavy atom. The van der Waals surface area contributed by atoms with E-state index in [1.54, 1.807) is 17.5 Å². The molecular weight excluding hydrogens is 194 g/mol. The van der Waals surface area contributed by atoms with Gasteiger partial charge >= 0.3 is 0 Å². The molecule has 78 valence electrons. The number of hydrogen-bond donors (Lipinski definition) is 1. The summed E-state index contributed by atoms with van der Waals surface area (Å²) in [7, 11) is 0. The van der Waals surface area contributed by atoms with Gasteiger partial charge in [-0.2, -0.15) is 0 Å². The smallest absolute Gasteiger partial charge is 0.187 e. The Morgan fingerprint density at radius 2 is 2.36 bits per heavy atom. The van der Waals surface area contributed by atoms with Crippen LogP contribution >= 0.6 is 11.3 Å². The van der Waals surface area contributed by atoms with E-state index < -0.39 is 0 Å². The van der Waals surface area contributed by atoms with Crippen molar-refractivity contribution in [2.45, 2.75) is 32.7 Å². The number of rotatable bonds is 1.